The lowest BCUT2D eigenvalue weighted by molar-refractivity contribution is -0.179. The first-order chi connectivity index (χ1) is 10.1. The highest BCUT2D eigenvalue weighted by Crippen LogP contribution is 2.60. The lowest BCUT2D eigenvalue weighted by Gasteiger charge is -2.56. The summed E-state index contributed by atoms with van der Waals surface area (Å²) in [6.45, 7) is 3.89. The minimum absolute atomic E-state index is 0.0764. The highest BCUT2D eigenvalue weighted by molar-refractivity contribution is 5.66. The fourth-order valence-corrected chi connectivity index (χ4v) is 5.72. The Morgan fingerprint density at radius 1 is 1.00 bits per heavy atom. The first-order valence-corrected chi connectivity index (χ1v) is 9.27. The predicted octanol–water partition coefficient (Wildman–Crippen LogP) is 5.25. The molecule has 0 N–H and O–H groups in total. The van der Waals surface area contributed by atoms with Crippen LogP contribution in [0.15, 0.2) is 0 Å². The van der Waals surface area contributed by atoms with Crippen LogP contribution in [0.5, 0.6) is 0 Å². The molecule has 0 amide bonds. The van der Waals surface area contributed by atoms with Gasteiger partial charge in [0.2, 0.25) is 0 Å². The Morgan fingerprint density at radius 3 is 2.05 bits per heavy atom. The molecule has 0 spiro atoms. The minimum atomic E-state index is -0.0792. The summed E-state index contributed by atoms with van der Waals surface area (Å²) in [6, 6.07) is 0. The molecule has 4 rings (SSSR count). The lowest BCUT2D eigenvalue weighted by atomic mass is 9.51. The van der Waals surface area contributed by atoms with Crippen molar-refractivity contribution < 1.29 is 9.53 Å². The Kier molecular flexibility index (Phi) is 4.34. The Balaban J connectivity index is 1.58. The molecule has 0 aliphatic heterocycles. The maximum Gasteiger partial charge on any atom is 0.303 e. The Labute approximate surface area is 130 Å². The van der Waals surface area contributed by atoms with Crippen LogP contribution in [-0.2, 0) is 9.53 Å². The van der Waals surface area contributed by atoms with E-state index in [-0.39, 0.29) is 11.6 Å². The quantitative estimate of drug-likeness (QED) is 0.662. The van der Waals surface area contributed by atoms with Crippen molar-refractivity contribution in [1.82, 2.24) is 0 Å². The van der Waals surface area contributed by atoms with Crippen LogP contribution in [0.4, 0.5) is 0 Å². The topological polar surface area (TPSA) is 26.3 Å². The molecule has 0 aromatic heterocycles. The Hall–Kier alpha value is -0.530. The smallest absolute Gasteiger partial charge is 0.303 e. The molecular formula is C19H32O2. The number of hydrogen-bond donors (Lipinski definition) is 0. The van der Waals surface area contributed by atoms with E-state index in [9.17, 15) is 4.79 Å². The molecule has 0 atom stereocenters. The summed E-state index contributed by atoms with van der Waals surface area (Å²) in [6.07, 6.45) is 16.0. The summed E-state index contributed by atoms with van der Waals surface area (Å²) in [5.41, 5.74) is 0.534. The first kappa shape index (κ1) is 15.4. The SMILES string of the molecule is CCCC1CCC(C23CCC(OC(C)=O)(CC2)CC3)CC1. The van der Waals surface area contributed by atoms with Gasteiger partial charge in [0.1, 0.15) is 5.60 Å². The van der Waals surface area contributed by atoms with Crippen molar-refractivity contribution in [2.75, 3.05) is 0 Å². The van der Waals surface area contributed by atoms with Crippen molar-refractivity contribution in [2.45, 2.75) is 96.5 Å². The predicted molar refractivity (Wildman–Crippen MR) is 85.0 cm³/mol. The molecule has 0 aromatic rings. The van der Waals surface area contributed by atoms with Crippen molar-refractivity contribution in [3.8, 4) is 0 Å². The minimum Gasteiger partial charge on any atom is -0.459 e. The van der Waals surface area contributed by atoms with Gasteiger partial charge in [0.15, 0.2) is 0 Å². The second-order valence-corrected chi connectivity index (χ2v) is 8.15. The molecule has 0 radical (unpaired) electrons. The van der Waals surface area contributed by atoms with E-state index in [1.807, 2.05) is 0 Å². The second-order valence-electron chi connectivity index (χ2n) is 8.15. The zero-order valence-electron chi connectivity index (χ0n) is 14.0. The van der Waals surface area contributed by atoms with E-state index < -0.39 is 0 Å². The first-order valence-electron chi connectivity index (χ1n) is 9.27. The molecule has 4 saturated carbocycles. The van der Waals surface area contributed by atoms with E-state index in [0.717, 1.165) is 31.1 Å². The maximum absolute atomic E-state index is 11.4. The van der Waals surface area contributed by atoms with Gasteiger partial charge >= 0.3 is 5.97 Å². The standard InChI is InChI=1S/C19H32O2/c1-3-4-16-5-7-17(8-6-16)18-9-12-19(13-10-18,14-11-18)21-15(2)20/h16-17H,3-14H2,1-2H3. The number of fused-ring (bicyclic) bond motifs is 3. The number of rotatable bonds is 4. The van der Waals surface area contributed by atoms with E-state index in [0.29, 0.717) is 5.41 Å². The van der Waals surface area contributed by atoms with Gasteiger partial charge in [0.25, 0.3) is 0 Å². The van der Waals surface area contributed by atoms with Gasteiger partial charge in [-0.2, -0.15) is 0 Å². The maximum atomic E-state index is 11.4. The number of carbonyl (C=O) groups is 1. The van der Waals surface area contributed by atoms with Gasteiger partial charge in [0.05, 0.1) is 0 Å². The van der Waals surface area contributed by atoms with Crippen LogP contribution in [-0.4, -0.2) is 11.6 Å². The largest absolute Gasteiger partial charge is 0.459 e. The number of esters is 1. The lowest BCUT2D eigenvalue weighted by Crippen LogP contribution is -2.51. The summed E-state index contributed by atoms with van der Waals surface area (Å²) in [5, 5.41) is 0. The van der Waals surface area contributed by atoms with Gasteiger partial charge < -0.3 is 4.74 Å². The van der Waals surface area contributed by atoms with Gasteiger partial charge in [-0.05, 0) is 68.6 Å². The van der Waals surface area contributed by atoms with E-state index >= 15 is 0 Å². The molecule has 0 saturated heterocycles. The van der Waals surface area contributed by atoms with Crippen LogP contribution in [0, 0.1) is 17.3 Å². The molecule has 0 unspecified atom stereocenters. The van der Waals surface area contributed by atoms with Gasteiger partial charge in [-0.25, -0.2) is 0 Å². The highest BCUT2D eigenvalue weighted by atomic mass is 16.6. The molecule has 2 bridgehead atoms. The summed E-state index contributed by atoms with van der Waals surface area (Å²) in [5.74, 6) is 1.89. The van der Waals surface area contributed by atoms with Crippen LogP contribution < -0.4 is 0 Å². The van der Waals surface area contributed by atoms with Gasteiger partial charge in [-0.3, -0.25) is 4.79 Å². The molecule has 2 heteroatoms. The molecule has 120 valence electrons. The van der Waals surface area contributed by atoms with E-state index in [2.05, 4.69) is 6.92 Å². The second kappa shape index (κ2) is 5.93. The molecule has 0 aromatic carbocycles. The van der Waals surface area contributed by atoms with E-state index in [1.54, 1.807) is 6.92 Å². The van der Waals surface area contributed by atoms with Crippen LogP contribution in [0.3, 0.4) is 0 Å². The Bertz CT molecular complexity index is 354. The van der Waals surface area contributed by atoms with Crippen LogP contribution in [0.2, 0.25) is 0 Å². The number of ether oxygens (including phenoxy) is 1. The third-order valence-corrected chi connectivity index (χ3v) is 7.01. The molecule has 0 heterocycles. The van der Waals surface area contributed by atoms with Crippen LogP contribution in [0.1, 0.15) is 90.9 Å². The fourth-order valence-electron chi connectivity index (χ4n) is 5.72. The zero-order valence-corrected chi connectivity index (χ0v) is 14.0. The summed E-state index contributed by atoms with van der Waals surface area (Å²) in [7, 11) is 0. The zero-order chi connectivity index (χ0) is 14.9. The summed E-state index contributed by atoms with van der Waals surface area (Å²) < 4.78 is 5.71. The molecule has 2 nitrogen and oxygen atoms in total. The fraction of sp³-hybridized carbons (Fsp3) is 0.947. The Morgan fingerprint density at radius 2 is 1.57 bits per heavy atom. The van der Waals surface area contributed by atoms with E-state index in [4.69, 9.17) is 4.74 Å². The van der Waals surface area contributed by atoms with Crippen molar-refractivity contribution in [3.63, 3.8) is 0 Å². The van der Waals surface area contributed by atoms with Crippen LogP contribution >= 0.6 is 0 Å². The normalized spacial score (nSPS) is 42.8. The molecule has 4 aliphatic carbocycles. The average Bonchev–Trinajstić information content (AvgIpc) is 2.49. The summed E-state index contributed by atoms with van der Waals surface area (Å²) in [4.78, 5) is 11.4. The van der Waals surface area contributed by atoms with Gasteiger partial charge in [-0.15, -0.1) is 0 Å². The number of carbonyl (C=O) groups excluding carboxylic acids is 1. The molecule has 21 heavy (non-hydrogen) atoms. The van der Waals surface area contributed by atoms with Gasteiger partial charge in [0, 0.05) is 6.92 Å². The molecule has 4 aliphatic rings. The summed E-state index contributed by atoms with van der Waals surface area (Å²) >= 11 is 0. The van der Waals surface area contributed by atoms with E-state index in [1.165, 1.54) is 57.8 Å². The molecular weight excluding hydrogens is 260 g/mol. The van der Waals surface area contributed by atoms with Gasteiger partial charge in [-0.1, -0.05) is 32.6 Å². The third-order valence-electron chi connectivity index (χ3n) is 7.01. The average molecular weight is 292 g/mol. The van der Waals surface area contributed by atoms with Crippen molar-refractivity contribution in [1.29, 1.82) is 0 Å². The van der Waals surface area contributed by atoms with Crippen LogP contribution in [0.25, 0.3) is 0 Å². The number of hydrogen-bond acceptors (Lipinski definition) is 2. The van der Waals surface area contributed by atoms with Crippen molar-refractivity contribution >= 4 is 5.97 Å². The van der Waals surface area contributed by atoms with Crippen molar-refractivity contribution in [3.05, 3.63) is 0 Å². The highest BCUT2D eigenvalue weighted by Gasteiger charge is 2.53. The van der Waals surface area contributed by atoms with Crippen molar-refractivity contribution in [2.24, 2.45) is 17.3 Å². The molecule has 4 fully saturated rings. The third kappa shape index (κ3) is 3.00. The monoisotopic (exact) mass is 292 g/mol.